The van der Waals surface area contributed by atoms with E-state index >= 15 is 0 Å². The minimum atomic E-state index is -4.52. The van der Waals surface area contributed by atoms with Crippen molar-refractivity contribution < 1.29 is 46.9 Å². The largest absolute Gasteiger partial charge is 0.464 e. The summed E-state index contributed by atoms with van der Waals surface area (Å²) in [7, 11) is -4.52. The number of nitrogens with zero attached hydrogens (tertiary/aromatic N) is 4. The van der Waals surface area contributed by atoms with E-state index in [0.29, 0.717) is 5.52 Å². The highest BCUT2D eigenvalue weighted by Crippen LogP contribution is 2.49. The Morgan fingerprint density at radius 2 is 1.63 bits per heavy atom. The predicted octanol–water partition coefficient (Wildman–Crippen LogP) is 6.17. The number of carbonyl (C=O) groups excluding carboxylic acids is 3. The molecule has 2 aromatic heterocycles. The van der Waals surface area contributed by atoms with Crippen molar-refractivity contribution in [2.24, 2.45) is 17.8 Å². The Kier molecular flexibility index (Phi) is 13.7. The Balaban J connectivity index is 1.51. The second-order valence-electron chi connectivity index (χ2n) is 16.4. The molecular weight excluding hydrogens is 755 g/mol. The van der Waals surface area contributed by atoms with Gasteiger partial charge < -0.3 is 29.2 Å². The van der Waals surface area contributed by atoms with Crippen LogP contribution in [0.25, 0.3) is 5.52 Å². The summed E-state index contributed by atoms with van der Waals surface area (Å²) in [4.78, 5) is 43.8. The predicted molar refractivity (Wildman–Crippen MR) is 208 cm³/mol. The normalized spacial score (nSPS) is 23.1. The highest BCUT2D eigenvalue weighted by atomic mass is 31.2. The Labute approximate surface area is 333 Å². The van der Waals surface area contributed by atoms with Gasteiger partial charge in [0.05, 0.1) is 30.7 Å². The second kappa shape index (κ2) is 17.9. The lowest BCUT2D eigenvalue weighted by molar-refractivity contribution is -0.173. The Bertz CT molecular complexity index is 1980. The molecule has 16 nitrogen and oxygen atoms in total. The number of nitrogen functional groups attached to an aromatic ring is 1. The molecule has 1 saturated heterocycles. The number of esters is 3. The van der Waals surface area contributed by atoms with Gasteiger partial charge in [0.15, 0.2) is 18.0 Å². The van der Waals surface area contributed by atoms with E-state index < -0.39 is 74.1 Å². The first kappa shape index (κ1) is 43.6. The van der Waals surface area contributed by atoms with Crippen LogP contribution in [-0.4, -0.2) is 70.1 Å². The van der Waals surface area contributed by atoms with Crippen LogP contribution in [0.3, 0.4) is 0 Å². The molecule has 17 heteroatoms. The Morgan fingerprint density at radius 3 is 2.25 bits per heavy atom. The Morgan fingerprint density at radius 1 is 0.982 bits per heavy atom. The quantitative estimate of drug-likeness (QED) is 0.0997. The summed E-state index contributed by atoms with van der Waals surface area (Å²) in [6, 6.07) is 11.0. The van der Waals surface area contributed by atoms with E-state index in [9.17, 15) is 24.2 Å². The van der Waals surface area contributed by atoms with Crippen LogP contribution in [0, 0.1) is 29.1 Å². The summed E-state index contributed by atoms with van der Waals surface area (Å²) < 4.78 is 52.2. The third kappa shape index (κ3) is 10.1. The van der Waals surface area contributed by atoms with Crippen LogP contribution in [0.2, 0.25) is 0 Å². The number of benzene rings is 1. The van der Waals surface area contributed by atoms with Crippen molar-refractivity contribution in [3.8, 4) is 11.8 Å². The van der Waals surface area contributed by atoms with E-state index in [1.807, 2.05) is 12.1 Å². The van der Waals surface area contributed by atoms with Crippen LogP contribution < -0.4 is 15.3 Å². The molecule has 1 aromatic carbocycles. The molecule has 0 spiro atoms. The van der Waals surface area contributed by atoms with Gasteiger partial charge in [-0.3, -0.25) is 18.9 Å². The van der Waals surface area contributed by atoms with Gasteiger partial charge >= 0.3 is 25.7 Å². The summed E-state index contributed by atoms with van der Waals surface area (Å²) in [6.07, 6.45) is 1.98. The van der Waals surface area contributed by atoms with Crippen LogP contribution >= 0.6 is 7.75 Å². The second-order valence-corrected chi connectivity index (χ2v) is 18.1. The van der Waals surface area contributed by atoms with Crippen molar-refractivity contribution in [3.63, 3.8) is 0 Å². The zero-order valence-corrected chi connectivity index (χ0v) is 34.8. The number of rotatable bonds is 15. The fourth-order valence-corrected chi connectivity index (χ4v) is 8.22. The van der Waals surface area contributed by atoms with Crippen LogP contribution in [0.15, 0.2) is 42.7 Å². The van der Waals surface area contributed by atoms with E-state index in [1.54, 1.807) is 45.9 Å². The van der Waals surface area contributed by atoms with E-state index in [-0.39, 0.29) is 35.2 Å². The third-order valence-corrected chi connectivity index (χ3v) is 11.8. The zero-order chi connectivity index (χ0) is 41.7. The summed E-state index contributed by atoms with van der Waals surface area (Å²) >= 11 is 0. The SMILES string of the molecule is CC(C)C(=O)O[C@H]1[C@@H](OC(=O)C(C)C)[C@](C#N)(c2ccc3c(N)ncnn23)O[C@@H]1COP(=O)(N[C@@H](C)C(=O)OCC1CCCCC1)Oc1ccc(C(C)(C)C)cc1. The summed E-state index contributed by atoms with van der Waals surface area (Å²) in [5.74, 6) is -2.82. The molecule has 1 saturated carbocycles. The van der Waals surface area contributed by atoms with Crippen LogP contribution in [0.5, 0.6) is 5.75 Å². The van der Waals surface area contributed by atoms with Gasteiger partial charge in [0.2, 0.25) is 5.60 Å². The molecule has 2 fully saturated rings. The van der Waals surface area contributed by atoms with Crippen LogP contribution in [-0.2, 0) is 53.4 Å². The number of hydrogen-bond acceptors (Lipinski definition) is 14. The van der Waals surface area contributed by atoms with Gasteiger partial charge in [0.25, 0.3) is 0 Å². The van der Waals surface area contributed by atoms with Gasteiger partial charge in [-0.05, 0) is 60.9 Å². The molecule has 3 aromatic rings. The molecule has 6 atom stereocenters. The van der Waals surface area contributed by atoms with E-state index in [1.165, 1.54) is 23.8 Å². The van der Waals surface area contributed by atoms with Crippen LogP contribution in [0.4, 0.5) is 5.82 Å². The number of nitrogens with one attached hydrogen (secondary N) is 1. The van der Waals surface area contributed by atoms with Crippen molar-refractivity contribution in [2.45, 2.75) is 123 Å². The fraction of sp³-hybridized carbons (Fsp3) is 0.600. The first-order chi connectivity index (χ1) is 26.9. The summed E-state index contributed by atoms with van der Waals surface area (Å²) in [5, 5.41) is 17.9. The minimum Gasteiger partial charge on any atom is -0.464 e. The first-order valence-corrected chi connectivity index (χ1v) is 21.0. The highest BCUT2D eigenvalue weighted by Gasteiger charge is 2.63. The van der Waals surface area contributed by atoms with Crippen molar-refractivity contribution >= 4 is 37.0 Å². The smallest absolute Gasteiger partial charge is 0.459 e. The van der Waals surface area contributed by atoms with Gasteiger partial charge in [0, 0.05) is 0 Å². The van der Waals surface area contributed by atoms with Gasteiger partial charge in [0.1, 0.15) is 35.8 Å². The molecule has 0 bridgehead atoms. The van der Waals surface area contributed by atoms with Crippen molar-refractivity contribution in [2.75, 3.05) is 18.9 Å². The molecule has 5 rings (SSSR count). The molecule has 310 valence electrons. The van der Waals surface area contributed by atoms with Gasteiger partial charge in [-0.2, -0.15) is 15.4 Å². The lowest BCUT2D eigenvalue weighted by Gasteiger charge is -2.29. The molecule has 57 heavy (non-hydrogen) atoms. The number of hydrogen-bond donors (Lipinski definition) is 2. The van der Waals surface area contributed by atoms with Gasteiger partial charge in [-0.15, -0.1) is 0 Å². The molecule has 3 heterocycles. The molecule has 2 aliphatic rings. The minimum absolute atomic E-state index is 0.0922. The molecule has 0 amide bonds. The molecule has 0 radical (unpaired) electrons. The third-order valence-electron chi connectivity index (χ3n) is 10.1. The fourth-order valence-electron chi connectivity index (χ4n) is 6.72. The lowest BCUT2D eigenvalue weighted by Crippen LogP contribution is -2.47. The van der Waals surface area contributed by atoms with Gasteiger partial charge in [-0.1, -0.05) is 79.9 Å². The van der Waals surface area contributed by atoms with Crippen LogP contribution in [0.1, 0.15) is 98.8 Å². The standard InChI is InChI=1S/C40H55N6O10P/c1-24(2)36(47)53-33-31(55-40(22-41,34(33)54-37(48)25(3)4)32-19-18-30-35(42)43-23-44-46(30)32)21-52-57(50,56-29-16-14-28(15-17-29)39(6,7)8)45-26(5)38(49)51-20-27-12-10-9-11-13-27/h14-19,23-27,31,33-34H,9-13,20-21H2,1-8H3,(H,45,50)(H2,42,43,44)/t26-,31+,33+,34+,40-,57?/m0/s1. The monoisotopic (exact) mass is 810 g/mol. The maximum atomic E-state index is 14.8. The number of carbonyl (C=O) groups is 3. The van der Waals surface area contributed by atoms with E-state index in [0.717, 1.165) is 37.7 Å². The molecule has 1 aliphatic heterocycles. The number of anilines is 1. The number of nitriles is 1. The summed E-state index contributed by atoms with van der Waals surface area (Å²) in [5.41, 5.74) is 5.19. The number of ether oxygens (including phenoxy) is 4. The lowest BCUT2D eigenvalue weighted by atomic mass is 9.87. The van der Waals surface area contributed by atoms with Crippen molar-refractivity contribution in [3.05, 3.63) is 54.0 Å². The van der Waals surface area contributed by atoms with Crippen molar-refractivity contribution in [1.29, 1.82) is 5.26 Å². The maximum absolute atomic E-state index is 14.8. The molecule has 1 aliphatic carbocycles. The Hall–Kier alpha value is -4.55. The first-order valence-electron chi connectivity index (χ1n) is 19.5. The average molecular weight is 811 g/mol. The van der Waals surface area contributed by atoms with Crippen molar-refractivity contribution in [1.82, 2.24) is 19.7 Å². The maximum Gasteiger partial charge on any atom is 0.459 e. The molecule has 1 unspecified atom stereocenters. The average Bonchev–Trinajstić information content (AvgIpc) is 3.73. The number of nitrogens with two attached hydrogens (primary N) is 1. The topological polar surface area (TPSA) is 216 Å². The summed E-state index contributed by atoms with van der Waals surface area (Å²) in [6.45, 7) is 13.7. The number of aromatic nitrogens is 3. The van der Waals surface area contributed by atoms with E-state index in [4.69, 9.17) is 33.7 Å². The number of fused-ring (bicyclic) bond motifs is 1. The van der Waals surface area contributed by atoms with E-state index in [2.05, 4.69) is 42.0 Å². The van der Waals surface area contributed by atoms with Gasteiger partial charge in [-0.25, -0.2) is 14.1 Å². The molecule has 3 N–H and O–H groups in total. The molecular formula is C40H55N6O10P. The zero-order valence-electron chi connectivity index (χ0n) is 33.9. The highest BCUT2D eigenvalue weighted by molar-refractivity contribution is 7.52.